The molecular weight excluding hydrogens is 242 g/mol. The van der Waals surface area contributed by atoms with Crippen LogP contribution in [0.2, 0.25) is 0 Å². The first-order valence-corrected chi connectivity index (χ1v) is 6.70. The summed E-state index contributed by atoms with van der Waals surface area (Å²) >= 11 is 0. The van der Waals surface area contributed by atoms with Gasteiger partial charge in [0.15, 0.2) is 5.84 Å². The van der Waals surface area contributed by atoms with Gasteiger partial charge in [0.25, 0.3) is 0 Å². The van der Waals surface area contributed by atoms with Crippen molar-refractivity contribution in [1.29, 1.82) is 0 Å². The van der Waals surface area contributed by atoms with Gasteiger partial charge < -0.3 is 15.7 Å². The molecule has 0 radical (unpaired) electrons. The summed E-state index contributed by atoms with van der Waals surface area (Å²) in [6.07, 6.45) is 5.15. The lowest BCUT2D eigenvalue weighted by Gasteiger charge is -2.31. The van der Waals surface area contributed by atoms with E-state index in [1.165, 1.54) is 6.42 Å². The molecule has 0 aromatic carbocycles. The quantitative estimate of drug-likeness (QED) is 0.380. The smallest absolute Gasteiger partial charge is 0.213 e. The van der Waals surface area contributed by atoms with Gasteiger partial charge in [0, 0.05) is 17.8 Å². The van der Waals surface area contributed by atoms with Gasteiger partial charge >= 0.3 is 0 Å². The summed E-state index contributed by atoms with van der Waals surface area (Å²) in [5.41, 5.74) is 6.07. The van der Waals surface area contributed by atoms with E-state index in [9.17, 15) is 0 Å². The van der Waals surface area contributed by atoms with E-state index in [1.54, 1.807) is 18.3 Å². The Balaban J connectivity index is 1.96. The van der Waals surface area contributed by atoms with Gasteiger partial charge in [0.05, 0.1) is 0 Å². The van der Waals surface area contributed by atoms with E-state index >= 15 is 0 Å². The Morgan fingerprint density at radius 3 is 2.74 bits per heavy atom. The molecule has 0 amide bonds. The second-order valence-electron chi connectivity index (χ2n) is 5.38. The number of nitrogens with two attached hydrogens (primary N) is 1. The lowest BCUT2D eigenvalue weighted by molar-refractivity contribution is 0.0964. The molecule has 1 heterocycles. The average molecular weight is 263 g/mol. The van der Waals surface area contributed by atoms with E-state index in [0.717, 1.165) is 18.8 Å². The number of ether oxygens (including phenoxy) is 1. The molecule has 3 N–H and O–H groups in total. The van der Waals surface area contributed by atoms with Gasteiger partial charge in [-0.25, -0.2) is 4.98 Å². The fourth-order valence-corrected chi connectivity index (χ4v) is 2.44. The van der Waals surface area contributed by atoms with Crippen LogP contribution in [-0.4, -0.2) is 22.1 Å². The monoisotopic (exact) mass is 263 g/mol. The maximum atomic E-state index is 8.58. The fraction of sp³-hybridized carbons (Fsp3) is 0.571. The van der Waals surface area contributed by atoms with Gasteiger partial charge in [-0.3, -0.25) is 0 Å². The van der Waals surface area contributed by atoms with Crippen molar-refractivity contribution in [3.8, 4) is 5.88 Å². The summed E-state index contributed by atoms with van der Waals surface area (Å²) in [4.78, 5) is 4.19. The van der Waals surface area contributed by atoms with E-state index in [-0.39, 0.29) is 11.9 Å². The van der Waals surface area contributed by atoms with Gasteiger partial charge in [-0.15, -0.1) is 0 Å². The zero-order valence-electron chi connectivity index (χ0n) is 11.4. The molecule has 1 saturated carbocycles. The lowest BCUT2D eigenvalue weighted by Crippen LogP contribution is -2.29. The molecule has 3 unspecified atom stereocenters. The Kier molecular flexibility index (Phi) is 4.24. The van der Waals surface area contributed by atoms with Crippen LogP contribution in [0.25, 0.3) is 0 Å². The number of pyridine rings is 1. The zero-order chi connectivity index (χ0) is 13.8. The van der Waals surface area contributed by atoms with Crippen molar-refractivity contribution in [3.63, 3.8) is 0 Å². The Morgan fingerprint density at radius 2 is 2.16 bits per heavy atom. The summed E-state index contributed by atoms with van der Waals surface area (Å²) in [5.74, 6) is 2.12. The van der Waals surface area contributed by atoms with Crippen LogP contribution < -0.4 is 10.5 Å². The van der Waals surface area contributed by atoms with Crippen molar-refractivity contribution in [2.45, 2.75) is 39.2 Å². The van der Waals surface area contributed by atoms with E-state index in [0.29, 0.717) is 17.4 Å². The average Bonchev–Trinajstić information content (AvgIpc) is 2.43. The number of aromatic nitrogens is 1. The van der Waals surface area contributed by atoms with Crippen LogP contribution >= 0.6 is 0 Å². The van der Waals surface area contributed by atoms with E-state index in [2.05, 4.69) is 24.0 Å². The van der Waals surface area contributed by atoms with Crippen LogP contribution in [0, 0.1) is 11.8 Å². The molecule has 5 nitrogen and oxygen atoms in total. The maximum Gasteiger partial charge on any atom is 0.213 e. The molecule has 1 aromatic heterocycles. The van der Waals surface area contributed by atoms with Crippen LogP contribution in [0.15, 0.2) is 23.5 Å². The molecule has 104 valence electrons. The zero-order valence-corrected chi connectivity index (χ0v) is 11.4. The van der Waals surface area contributed by atoms with Gasteiger partial charge in [0.1, 0.15) is 6.10 Å². The minimum Gasteiger partial charge on any atom is -0.474 e. The van der Waals surface area contributed by atoms with Crippen molar-refractivity contribution >= 4 is 5.84 Å². The number of hydrogen-bond acceptors (Lipinski definition) is 4. The number of hydrogen-bond donors (Lipinski definition) is 2. The molecule has 3 atom stereocenters. The third kappa shape index (κ3) is 3.36. The second-order valence-corrected chi connectivity index (χ2v) is 5.38. The standard InChI is InChI=1S/C14H21N3O2/c1-9-3-5-12(7-10(9)2)19-13-6-4-11(8-16-13)14(15)17-18/h4,6,8-10,12,18H,3,5,7H2,1-2H3,(H2,15,17). The molecule has 5 heteroatoms. The minimum atomic E-state index is 0.0548. The molecular formula is C14H21N3O2. The molecule has 1 fully saturated rings. The predicted molar refractivity (Wildman–Crippen MR) is 73.3 cm³/mol. The van der Waals surface area contributed by atoms with E-state index < -0.39 is 0 Å². The highest BCUT2D eigenvalue weighted by Crippen LogP contribution is 2.31. The van der Waals surface area contributed by atoms with Crippen LogP contribution in [0.4, 0.5) is 0 Å². The van der Waals surface area contributed by atoms with Crippen molar-refractivity contribution in [2.75, 3.05) is 0 Å². The third-order valence-electron chi connectivity index (χ3n) is 3.98. The summed E-state index contributed by atoms with van der Waals surface area (Å²) < 4.78 is 5.89. The highest BCUT2D eigenvalue weighted by atomic mass is 16.5. The molecule has 1 aliphatic carbocycles. The van der Waals surface area contributed by atoms with Gasteiger partial charge in [-0.2, -0.15) is 0 Å². The van der Waals surface area contributed by atoms with Gasteiger partial charge in [-0.05, 0) is 37.2 Å². The van der Waals surface area contributed by atoms with E-state index in [1.807, 2.05) is 0 Å². The Bertz CT molecular complexity index is 445. The van der Waals surface area contributed by atoms with E-state index in [4.69, 9.17) is 15.7 Å². The van der Waals surface area contributed by atoms with Crippen molar-refractivity contribution < 1.29 is 9.94 Å². The highest BCUT2D eigenvalue weighted by Gasteiger charge is 2.25. The third-order valence-corrected chi connectivity index (χ3v) is 3.98. The molecule has 0 bridgehead atoms. The number of nitrogens with zero attached hydrogens (tertiary/aromatic N) is 2. The normalized spacial score (nSPS) is 28.1. The van der Waals surface area contributed by atoms with Gasteiger partial charge in [-0.1, -0.05) is 19.0 Å². The fourth-order valence-electron chi connectivity index (χ4n) is 2.44. The molecule has 1 aromatic rings. The Labute approximate surface area is 113 Å². The maximum absolute atomic E-state index is 8.58. The van der Waals surface area contributed by atoms with Crippen molar-refractivity contribution in [3.05, 3.63) is 23.9 Å². The van der Waals surface area contributed by atoms with Crippen molar-refractivity contribution in [2.24, 2.45) is 22.7 Å². The van der Waals surface area contributed by atoms with Crippen LogP contribution in [0.3, 0.4) is 0 Å². The topological polar surface area (TPSA) is 80.7 Å². The SMILES string of the molecule is CC1CCC(Oc2ccc(C(N)=NO)cn2)CC1C. The number of rotatable bonds is 3. The molecule has 1 aliphatic rings. The Hall–Kier alpha value is -1.78. The van der Waals surface area contributed by atoms with Gasteiger partial charge in [0.2, 0.25) is 5.88 Å². The first-order chi connectivity index (χ1) is 9.10. The second kappa shape index (κ2) is 5.91. The van der Waals surface area contributed by atoms with Crippen LogP contribution in [0.5, 0.6) is 5.88 Å². The molecule has 0 aliphatic heterocycles. The molecule has 0 saturated heterocycles. The predicted octanol–water partition coefficient (Wildman–Crippen LogP) is 2.38. The summed E-state index contributed by atoms with van der Waals surface area (Å²) in [5, 5.41) is 11.5. The number of amidine groups is 1. The molecule has 19 heavy (non-hydrogen) atoms. The molecule has 2 rings (SSSR count). The number of oxime groups is 1. The minimum absolute atomic E-state index is 0.0548. The van der Waals surface area contributed by atoms with Crippen LogP contribution in [-0.2, 0) is 0 Å². The highest BCUT2D eigenvalue weighted by molar-refractivity contribution is 5.96. The first-order valence-electron chi connectivity index (χ1n) is 6.70. The van der Waals surface area contributed by atoms with Crippen molar-refractivity contribution in [1.82, 2.24) is 4.98 Å². The lowest BCUT2D eigenvalue weighted by atomic mass is 9.80. The molecule has 0 spiro atoms. The first kappa shape index (κ1) is 13.6. The summed E-state index contributed by atoms with van der Waals surface area (Å²) in [7, 11) is 0. The van der Waals surface area contributed by atoms with Crippen LogP contribution in [0.1, 0.15) is 38.7 Å². The largest absolute Gasteiger partial charge is 0.474 e. The summed E-state index contributed by atoms with van der Waals surface area (Å²) in [6.45, 7) is 4.57. The summed E-state index contributed by atoms with van der Waals surface area (Å²) in [6, 6.07) is 3.50. The Morgan fingerprint density at radius 1 is 1.37 bits per heavy atom.